The van der Waals surface area contributed by atoms with E-state index in [0.717, 1.165) is 0 Å². The van der Waals surface area contributed by atoms with Gasteiger partial charge in [0, 0.05) is 24.2 Å². The number of benzene rings is 2. The zero-order valence-corrected chi connectivity index (χ0v) is 16.3. The van der Waals surface area contributed by atoms with Gasteiger partial charge in [0.05, 0.1) is 19.9 Å². The van der Waals surface area contributed by atoms with E-state index in [1.54, 1.807) is 0 Å². The van der Waals surface area contributed by atoms with Gasteiger partial charge in [0.25, 0.3) is 5.69 Å². The van der Waals surface area contributed by atoms with E-state index < -0.39 is 14.9 Å². The molecule has 26 heavy (non-hydrogen) atoms. The van der Waals surface area contributed by atoms with Crippen LogP contribution in [-0.4, -0.2) is 26.4 Å². The Morgan fingerprint density at radius 2 is 1.73 bits per heavy atom. The fourth-order valence-electron chi connectivity index (χ4n) is 2.05. The van der Waals surface area contributed by atoms with Gasteiger partial charge in [-0.25, -0.2) is 13.1 Å². The lowest BCUT2D eigenvalue weighted by molar-refractivity contribution is -0.383. The van der Waals surface area contributed by atoms with Crippen LogP contribution in [0.15, 0.2) is 41.3 Å². The maximum atomic E-state index is 12.2. The minimum atomic E-state index is -3.72. The maximum absolute atomic E-state index is 12.2. The second kappa shape index (κ2) is 8.88. The summed E-state index contributed by atoms with van der Waals surface area (Å²) in [4.78, 5) is 10.5. The predicted molar refractivity (Wildman–Crippen MR) is 103 cm³/mol. The molecule has 0 spiro atoms. The van der Waals surface area contributed by atoms with E-state index >= 15 is 0 Å². The van der Waals surface area contributed by atoms with E-state index in [-0.39, 0.29) is 32.2 Å². The second-order valence-electron chi connectivity index (χ2n) is 5.17. The lowest BCUT2D eigenvalue weighted by atomic mass is 10.2. The Kier molecular flexibility index (Phi) is 7.08. The van der Waals surface area contributed by atoms with Crippen LogP contribution in [0.5, 0.6) is 0 Å². The molecule has 0 radical (unpaired) electrons. The van der Waals surface area contributed by atoms with Crippen LogP contribution < -0.4 is 10.0 Å². The first-order chi connectivity index (χ1) is 12.2. The number of hydrogen-bond acceptors (Lipinski definition) is 5. The third-order valence-electron chi connectivity index (χ3n) is 3.32. The van der Waals surface area contributed by atoms with Crippen LogP contribution in [0.4, 0.5) is 11.4 Å². The first kappa shape index (κ1) is 20.7. The van der Waals surface area contributed by atoms with Crippen molar-refractivity contribution in [3.05, 3.63) is 61.6 Å². The van der Waals surface area contributed by atoms with Crippen molar-refractivity contribution in [1.82, 2.24) is 4.72 Å². The molecule has 0 heterocycles. The van der Waals surface area contributed by atoms with Gasteiger partial charge in [0.1, 0.15) is 5.69 Å². The Bertz CT molecular complexity index is 922. The number of anilines is 1. The second-order valence-corrected chi connectivity index (χ2v) is 8.19. The highest BCUT2D eigenvalue weighted by molar-refractivity contribution is 7.89. The molecular formula is C15H14Cl3N3O4S. The Labute approximate surface area is 165 Å². The van der Waals surface area contributed by atoms with Crippen LogP contribution in [0, 0.1) is 10.1 Å². The summed E-state index contributed by atoms with van der Waals surface area (Å²) in [5.41, 5.74) is 0.167. The highest BCUT2D eigenvalue weighted by Gasteiger charge is 2.16. The van der Waals surface area contributed by atoms with Gasteiger partial charge in [-0.15, -0.1) is 0 Å². The topological polar surface area (TPSA) is 101 Å². The van der Waals surface area contributed by atoms with Gasteiger partial charge < -0.3 is 5.32 Å². The third-order valence-corrected chi connectivity index (χ3v) is 5.75. The third kappa shape index (κ3) is 5.46. The molecule has 0 atom stereocenters. The fraction of sp³-hybridized carbons (Fsp3) is 0.200. The number of sulfonamides is 1. The monoisotopic (exact) mass is 437 g/mol. The summed E-state index contributed by atoms with van der Waals surface area (Å²) in [6.07, 6.45) is 0.403. The molecular weight excluding hydrogens is 425 g/mol. The molecule has 0 saturated heterocycles. The van der Waals surface area contributed by atoms with Crippen LogP contribution in [-0.2, 0) is 10.0 Å². The molecule has 0 aliphatic carbocycles. The summed E-state index contributed by atoms with van der Waals surface area (Å²) in [7, 11) is -3.72. The summed E-state index contributed by atoms with van der Waals surface area (Å²) in [5.74, 6) is 0. The molecule has 0 unspecified atom stereocenters. The Morgan fingerprint density at radius 3 is 2.38 bits per heavy atom. The van der Waals surface area contributed by atoms with Crippen LogP contribution in [0.1, 0.15) is 6.42 Å². The van der Waals surface area contributed by atoms with Crippen molar-refractivity contribution < 1.29 is 13.3 Å². The van der Waals surface area contributed by atoms with Crippen LogP contribution in [0.25, 0.3) is 0 Å². The highest BCUT2D eigenvalue weighted by atomic mass is 35.5. The van der Waals surface area contributed by atoms with E-state index in [9.17, 15) is 18.5 Å². The molecule has 11 heteroatoms. The smallest absolute Gasteiger partial charge is 0.293 e. The van der Waals surface area contributed by atoms with E-state index in [4.69, 9.17) is 34.8 Å². The Morgan fingerprint density at radius 1 is 1.00 bits per heavy atom. The molecule has 0 aliphatic heterocycles. The average molecular weight is 439 g/mol. The van der Waals surface area contributed by atoms with E-state index in [2.05, 4.69) is 10.0 Å². The van der Waals surface area contributed by atoms with Crippen molar-refractivity contribution in [2.45, 2.75) is 11.3 Å². The van der Waals surface area contributed by atoms with Crippen molar-refractivity contribution in [3.63, 3.8) is 0 Å². The van der Waals surface area contributed by atoms with Gasteiger partial charge in [-0.05, 0) is 36.8 Å². The van der Waals surface area contributed by atoms with Crippen LogP contribution in [0.3, 0.4) is 0 Å². The zero-order chi connectivity index (χ0) is 19.3. The largest absolute Gasteiger partial charge is 0.379 e. The first-order valence-corrected chi connectivity index (χ1v) is 9.95. The van der Waals surface area contributed by atoms with E-state index in [1.807, 2.05) is 0 Å². The number of hydrogen-bond donors (Lipinski definition) is 2. The Hall–Kier alpha value is -1.58. The average Bonchev–Trinajstić information content (AvgIpc) is 2.57. The minimum absolute atomic E-state index is 0.00759. The summed E-state index contributed by atoms with van der Waals surface area (Å²) >= 11 is 17.3. The molecule has 2 aromatic rings. The normalized spacial score (nSPS) is 11.3. The molecule has 0 aromatic heterocycles. The number of nitro groups is 1. The van der Waals surface area contributed by atoms with Gasteiger partial charge in [0.2, 0.25) is 10.0 Å². The van der Waals surface area contributed by atoms with Crippen molar-refractivity contribution >= 4 is 56.2 Å². The number of nitrogens with zero attached hydrogens (tertiary/aromatic N) is 1. The molecule has 0 fully saturated rings. The summed E-state index contributed by atoms with van der Waals surface area (Å²) in [6.45, 7) is 0.462. The quantitative estimate of drug-likeness (QED) is 0.363. The van der Waals surface area contributed by atoms with Gasteiger partial charge in [-0.3, -0.25) is 10.1 Å². The molecule has 0 bridgehead atoms. The van der Waals surface area contributed by atoms with Gasteiger partial charge in [-0.1, -0.05) is 34.8 Å². The minimum Gasteiger partial charge on any atom is -0.379 e. The van der Waals surface area contributed by atoms with Crippen LogP contribution >= 0.6 is 34.8 Å². The molecule has 0 amide bonds. The number of nitro benzene ring substituents is 1. The lowest BCUT2D eigenvalue weighted by Gasteiger charge is -2.09. The number of rotatable bonds is 8. The van der Waals surface area contributed by atoms with Crippen molar-refractivity contribution in [2.75, 3.05) is 18.4 Å². The summed E-state index contributed by atoms with van der Waals surface area (Å²) < 4.78 is 26.8. The summed E-state index contributed by atoms with van der Waals surface area (Å²) in [5, 5.41) is 14.6. The highest BCUT2D eigenvalue weighted by Crippen LogP contribution is 2.27. The lowest BCUT2D eigenvalue weighted by Crippen LogP contribution is -2.26. The van der Waals surface area contributed by atoms with E-state index in [1.165, 1.54) is 36.4 Å². The fourth-order valence-corrected chi connectivity index (χ4v) is 3.68. The molecule has 7 nitrogen and oxygen atoms in total. The van der Waals surface area contributed by atoms with Gasteiger partial charge in [-0.2, -0.15) is 0 Å². The summed E-state index contributed by atoms with van der Waals surface area (Å²) in [6, 6.07) is 8.30. The molecule has 2 N–H and O–H groups in total. The number of halogens is 3. The first-order valence-electron chi connectivity index (χ1n) is 7.33. The molecule has 2 aromatic carbocycles. The SMILES string of the molecule is O=[N+]([O-])c1cc(Cl)ccc1NCCCNS(=O)(=O)c1ccc(Cl)c(Cl)c1. The predicted octanol–water partition coefficient (Wildman–Crippen LogP) is 4.34. The Balaban J connectivity index is 1.89. The van der Waals surface area contributed by atoms with Crippen molar-refractivity contribution in [3.8, 4) is 0 Å². The zero-order valence-electron chi connectivity index (χ0n) is 13.2. The molecule has 0 saturated carbocycles. The molecule has 0 aliphatic rings. The molecule has 2 rings (SSSR count). The standard InChI is InChI=1S/C15H14Cl3N3O4S/c16-10-2-5-14(15(8-10)21(22)23)19-6-1-7-20-26(24,25)11-3-4-12(17)13(18)9-11/h2-5,8-9,19-20H,1,6-7H2. The van der Waals surface area contributed by atoms with Gasteiger partial charge >= 0.3 is 0 Å². The maximum Gasteiger partial charge on any atom is 0.293 e. The molecule has 140 valence electrons. The van der Waals surface area contributed by atoms with E-state index in [0.29, 0.717) is 18.7 Å². The van der Waals surface area contributed by atoms with Crippen molar-refractivity contribution in [1.29, 1.82) is 0 Å². The van der Waals surface area contributed by atoms with Crippen LogP contribution in [0.2, 0.25) is 15.1 Å². The number of nitrogens with one attached hydrogen (secondary N) is 2. The van der Waals surface area contributed by atoms with Crippen molar-refractivity contribution in [2.24, 2.45) is 0 Å². The van der Waals surface area contributed by atoms with Gasteiger partial charge in [0.15, 0.2) is 0 Å².